The first-order valence-electron chi connectivity index (χ1n) is 6.97. The van der Waals surface area contributed by atoms with Crippen LogP contribution in [0.25, 0.3) is 0 Å². The Morgan fingerprint density at radius 2 is 2.15 bits per heavy atom. The number of hydrogen-bond acceptors (Lipinski definition) is 4. The summed E-state index contributed by atoms with van der Waals surface area (Å²) in [4.78, 5) is 11.7. The van der Waals surface area contributed by atoms with E-state index in [2.05, 4.69) is 22.7 Å². The molecule has 0 saturated carbocycles. The summed E-state index contributed by atoms with van der Waals surface area (Å²) >= 11 is 0. The molecule has 0 unspecified atom stereocenters. The van der Waals surface area contributed by atoms with Crippen LogP contribution in [0.5, 0.6) is 0 Å². The number of carbonyl (C=O) groups is 1. The Morgan fingerprint density at radius 3 is 2.80 bits per heavy atom. The summed E-state index contributed by atoms with van der Waals surface area (Å²) in [5, 5.41) is 18.9. The van der Waals surface area contributed by atoms with E-state index in [0.717, 1.165) is 36.5 Å². The highest BCUT2D eigenvalue weighted by atomic mass is 16.2. The van der Waals surface area contributed by atoms with Crippen molar-refractivity contribution in [3.05, 3.63) is 17.0 Å². The minimum atomic E-state index is -0.112. The van der Waals surface area contributed by atoms with Gasteiger partial charge in [0.1, 0.15) is 6.54 Å². The van der Waals surface area contributed by atoms with E-state index in [4.69, 9.17) is 5.26 Å². The number of aryl methyl sites for hydroxylation is 1. The van der Waals surface area contributed by atoms with E-state index in [1.807, 2.05) is 19.9 Å². The highest BCUT2D eigenvalue weighted by molar-refractivity contribution is 5.75. The summed E-state index contributed by atoms with van der Waals surface area (Å²) < 4.78 is 1.72. The fourth-order valence-electron chi connectivity index (χ4n) is 1.98. The van der Waals surface area contributed by atoms with E-state index in [1.165, 1.54) is 0 Å². The molecule has 0 aromatic carbocycles. The van der Waals surface area contributed by atoms with Crippen LogP contribution in [-0.2, 0) is 17.9 Å². The topological polar surface area (TPSA) is 82.7 Å². The Labute approximate surface area is 120 Å². The molecule has 0 aliphatic rings. The molecule has 0 aliphatic heterocycles. The second-order valence-electron chi connectivity index (χ2n) is 4.74. The third-order valence-corrected chi connectivity index (χ3v) is 3.11. The van der Waals surface area contributed by atoms with Gasteiger partial charge in [0.2, 0.25) is 5.91 Å². The molecule has 1 heterocycles. The average molecular weight is 277 g/mol. The number of nitrogens with one attached hydrogen (secondary N) is 2. The van der Waals surface area contributed by atoms with Gasteiger partial charge in [-0.15, -0.1) is 0 Å². The number of amides is 1. The molecule has 1 rings (SSSR count). The number of aromatic nitrogens is 2. The van der Waals surface area contributed by atoms with Gasteiger partial charge < -0.3 is 10.6 Å². The van der Waals surface area contributed by atoms with Crippen molar-refractivity contribution in [3.63, 3.8) is 0 Å². The summed E-state index contributed by atoms with van der Waals surface area (Å²) in [7, 11) is 0. The predicted octanol–water partition coefficient (Wildman–Crippen LogP) is 1.03. The van der Waals surface area contributed by atoms with Gasteiger partial charge in [-0.05, 0) is 26.8 Å². The minimum Gasteiger partial charge on any atom is -0.353 e. The number of nitriles is 1. The zero-order valence-electron chi connectivity index (χ0n) is 12.5. The first-order chi connectivity index (χ1) is 9.60. The maximum Gasteiger partial charge on any atom is 0.241 e. The van der Waals surface area contributed by atoms with Crippen molar-refractivity contribution < 1.29 is 4.79 Å². The molecule has 6 heteroatoms. The number of rotatable bonds is 8. The SMILES string of the molecule is CCCNCc1c(C)nn(CC(=O)NCCC#N)c1C. The van der Waals surface area contributed by atoms with Gasteiger partial charge in [0, 0.05) is 24.3 Å². The van der Waals surface area contributed by atoms with Crippen molar-refractivity contribution in [1.82, 2.24) is 20.4 Å². The molecule has 1 aromatic heterocycles. The van der Waals surface area contributed by atoms with Crippen molar-refractivity contribution in [2.45, 2.75) is 46.7 Å². The molecule has 0 radical (unpaired) electrons. The van der Waals surface area contributed by atoms with Crippen LogP contribution in [0.4, 0.5) is 0 Å². The van der Waals surface area contributed by atoms with Crippen molar-refractivity contribution in [1.29, 1.82) is 5.26 Å². The summed E-state index contributed by atoms with van der Waals surface area (Å²) in [6.45, 7) is 8.40. The van der Waals surface area contributed by atoms with Gasteiger partial charge in [0.05, 0.1) is 18.2 Å². The van der Waals surface area contributed by atoms with Gasteiger partial charge in [-0.3, -0.25) is 9.48 Å². The molecule has 6 nitrogen and oxygen atoms in total. The number of nitrogens with zero attached hydrogens (tertiary/aromatic N) is 3. The molecule has 1 aromatic rings. The highest BCUT2D eigenvalue weighted by Crippen LogP contribution is 2.12. The van der Waals surface area contributed by atoms with Gasteiger partial charge in [-0.2, -0.15) is 10.4 Å². The Bertz CT molecular complexity index is 486. The molecule has 110 valence electrons. The van der Waals surface area contributed by atoms with Gasteiger partial charge in [-0.25, -0.2) is 0 Å². The monoisotopic (exact) mass is 277 g/mol. The molecule has 0 aliphatic carbocycles. The largest absolute Gasteiger partial charge is 0.353 e. The summed E-state index contributed by atoms with van der Waals surface area (Å²) in [6.07, 6.45) is 1.42. The van der Waals surface area contributed by atoms with Crippen LogP contribution in [0.3, 0.4) is 0 Å². The quantitative estimate of drug-likeness (QED) is 0.695. The predicted molar refractivity (Wildman–Crippen MR) is 76.9 cm³/mol. The molecule has 2 N–H and O–H groups in total. The zero-order valence-corrected chi connectivity index (χ0v) is 12.5. The van der Waals surface area contributed by atoms with E-state index in [-0.39, 0.29) is 12.5 Å². The van der Waals surface area contributed by atoms with Gasteiger partial charge in [0.15, 0.2) is 0 Å². The van der Waals surface area contributed by atoms with Gasteiger partial charge in [0.25, 0.3) is 0 Å². The van der Waals surface area contributed by atoms with Crippen LogP contribution in [-0.4, -0.2) is 28.8 Å². The van der Waals surface area contributed by atoms with Crippen LogP contribution >= 0.6 is 0 Å². The number of hydrogen-bond donors (Lipinski definition) is 2. The Kier molecular flexibility index (Phi) is 6.74. The first kappa shape index (κ1) is 16.2. The summed E-state index contributed by atoms with van der Waals surface area (Å²) in [5.41, 5.74) is 3.13. The van der Waals surface area contributed by atoms with Crippen LogP contribution in [0.1, 0.15) is 36.7 Å². The van der Waals surface area contributed by atoms with Crippen LogP contribution in [0.15, 0.2) is 0 Å². The van der Waals surface area contributed by atoms with E-state index in [1.54, 1.807) is 4.68 Å². The van der Waals surface area contributed by atoms with E-state index in [0.29, 0.717) is 13.0 Å². The van der Waals surface area contributed by atoms with Crippen molar-refractivity contribution in [2.24, 2.45) is 0 Å². The zero-order chi connectivity index (χ0) is 15.0. The standard InChI is InChI=1S/C14H23N5O/c1-4-7-16-9-13-11(2)18-19(12(13)3)10-14(20)17-8-5-6-15/h16H,4-5,7-10H2,1-3H3,(H,17,20). The molecule has 0 bridgehead atoms. The molecular weight excluding hydrogens is 254 g/mol. The second-order valence-corrected chi connectivity index (χ2v) is 4.74. The van der Waals surface area contributed by atoms with Crippen molar-refractivity contribution in [3.8, 4) is 6.07 Å². The molecule has 0 atom stereocenters. The number of carbonyl (C=O) groups excluding carboxylic acids is 1. The van der Waals surface area contributed by atoms with Crippen LogP contribution in [0, 0.1) is 25.2 Å². The third kappa shape index (κ3) is 4.67. The van der Waals surface area contributed by atoms with Crippen LogP contribution < -0.4 is 10.6 Å². The smallest absolute Gasteiger partial charge is 0.241 e. The summed E-state index contributed by atoms with van der Waals surface area (Å²) in [5.74, 6) is -0.112. The lowest BCUT2D eigenvalue weighted by Gasteiger charge is -2.06. The highest BCUT2D eigenvalue weighted by Gasteiger charge is 2.13. The normalized spacial score (nSPS) is 10.3. The second kappa shape index (κ2) is 8.33. The molecule has 0 spiro atoms. The Balaban J connectivity index is 2.61. The Hall–Kier alpha value is -1.87. The average Bonchev–Trinajstić information content (AvgIpc) is 2.66. The van der Waals surface area contributed by atoms with Crippen molar-refractivity contribution >= 4 is 5.91 Å². The fourth-order valence-corrected chi connectivity index (χ4v) is 1.98. The molecule has 0 fully saturated rings. The minimum absolute atomic E-state index is 0.112. The summed E-state index contributed by atoms with van der Waals surface area (Å²) in [6, 6.07) is 1.99. The van der Waals surface area contributed by atoms with E-state index >= 15 is 0 Å². The lowest BCUT2D eigenvalue weighted by Crippen LogP contribution is -2.29. The van der Waals surface area contributed by atoms with Crippen LogP contribution in [0.2, 0.25) is 0 Å². The van der Waals surface area contributed by atoms with Gasteiger partial charge >= 0.3 is 0 Å². The first-order valence-corrected chi connectivity index (χ1v) is 6.97. The molecule has 0 saturated heterocycles. The van der Waals surface area contributed by atoms with Crippen molar-refractivity contribution in [2.75, 3.05) is 13.1 Å². The molecule has 1 amide bonds. The molecule has 20 heavy (non-hydrogen) atoms. The lowest BCUT2D eigenvalue weighted by molar-refractivity contribution is -0.121. The Morgan fingerprint density at radius 1 is 1.40 bits per heavy atom. The molecular formula is C14H23N5O. The fraction of sp³-hybridized carbons (Fsp3) is 0.643. The van der Waals surface area contributed by atoms with Gasteiger partial charge in [-0.1, -0.05) is 6.92 Å². The maximum atomic E-state index is 11.7. The van der Waals surface area contributed by atoms with E-state index in [9.17, 15) is 4.79 Å². The van der Waals surface area contributed by atoms with E-state index < -0.39 is 0 Å². The third-order valence-electron chi connectivity index (χ3n) is 3.11. The maximum absolute atomic E-state index is 11.7. The lowest BCUT2D eigenvalue weighted by atomic mass is 10.2.